The average Bonchev–Trinajstić information content (AvgIpc) is 3.60. The van der Waals surface area contributed by atoms with Crippen molar-refractivity contribution in [2.45, 2.75) is 24.8 Å². The van der Waals surface area contributed by atoms with Crippen molar-refractivity contribution in [3.05, 3.63) is 82.5 Å². The highest BCUT2D eigenvalue weighted by molar-refractivity contribution is 6.32. The minimum Gasteiger partial charge on any atom is -0.507 e. The quantitative estimate of drug-likeness (QED) is 0.396. The number of hydrogen-bond acceptors (Lipinski definition) is 5. The third-order valence-electron chi connectivity index (χ3n) is 8.22. The van der Waals surface area contributed by atoms with Gasteiger partial charge in [0.15, 0.2) is 0 Å². The van der Waals surface area contributed by atoms with Crippen molar-refractivity contribution in [2.24, 2.45) is 7.05 Å². The fraction of sp³-hybridized carbons (Fsp3) is 0.310. The zero-order valence-electron chi connectivity index (χ0n) is 21.4. The number of phenols is 1. The molecule has 0 amide bonds. The van der Waals surface area contributed by atoms with Crippen molar-refractivity contribution in [3.63, 3.8) is 0 Å². The summed E-state index contributed by atoms with van der Waals surface area (Å²) in [5.41, 5.74) is 3.30. The zero-order chi connectivity index (χ0) is 26.6. The van der Waals surface area contributed by atoms with E-state index in [0.29, 0.717) is 33.0 Å². The van der Waals surface area contributed by atoms with Crippen LogP contribution in [0.2, 0.25) is 5.02 Å². The fourth-order valence-corrected chi connectivity index (χ4v) is 6.24. The summed E-state index contributed by atoms with van der Waals surface area (Å²) in [5, 5.41) is 11.6. The van der Waals surface area contributed by atoms with Gasteiger partial charge >= 0.3 is 5.69 Å². The third kappa shape index (κ3) is 4.08. The van der Waals surface area contributed by atoms with Crippen molar-refractivity contribution < 1.29 is 9.50 Å². The van der Waals surface area contributed by atoms with Gasteiger partial charge in [-0.1, -0.05) is 17.7 Å². The van der Waals surface area contributed by atoms with E-state index < -0.39 is 5.82 Å². The van der Waals surface area contributed by atoms with Crippen LogP contribution < -0.4 is 10.6 Å². The predicted molar refractivity (Wildman–Crippen MR) is 148 cm³/mol. The number of hydrogen-bond donors (Lipinski definition) is 1. The molecule has 0 saturated carbocycles. The van der Waals surface area contributed by atoms with Gasteiger partial charge in [-0.05, 0) is 68.8 Å². The number of aromatic hydroxyl groups is 1. The van der Waals surface area contributed by atoms with Crippen LogP contribution in [0.1, 0.15) is 19.3 Å². The van der Waals surface area contributed by atoms with Gasteiger partial charge in [-0.2, -0.15) is 0 Å². The number of halogens is 2. The molecule has 38 heavy (non-hydrogen) atoms. The maximum Gasteiger partial charge on any atom is 0.332 e. The molecule has 0 radical (unpaired) electrons. The molecule has 1 spiro atoms. The zero-order valence-corrected chi connectivity index (χ0v) is 22.1. The Labute approximate surface area is 225 Å². The molecule has 1 unspecified atom stereocenters. The number of nitrogens with zero attached hydrogens (tertiary/aromatic N) is 5. The number of anilines is 1. The van der Waals surface area contributed by atoms with E-state index in [0.717, 1.165) is 31.7 Å². The van der Waals surface area contributed by atoms with Gasteiger partial charge < -0.3 is 14.6 Å². The Morgan fingerprint density at radius 1 is 1.00 bits per heavy atom. The highest BCUT2D eigenvalue weighted by atomic mass is 35.5. The molecule has 2 saturated heterocycles. The smallest absolute Gasteiger partial charge is 0.332 e. The molecule has 2 aliphatic rings. The van der Waals surface area contributed by atoms with Gasteiger partial charge in [0.2, 0.25) is 0 Å². The molecule has 0 aliphatic carbocycles. The number of rotatable bonds is 4. The van der Waals surface area contributed by atoms with Crippen LogP contribution >= 0.6 is 11.6 Å². The molecule has 9 heteroatoms. The molecule has 196 valence electrons. The Morgan fingerprint density at radius 3 is 2.47 bits per heavy atom. The minimum atomic E-state index is -0.481. The Balaban J connectivity index is 1.35. The molecule has 4 aromatic rings. The molecule has 2 aromatic heterocycles. The van der Waals surface area contributed by atoms with E-state index in [1.54, 1.807) is 43.8 Å². The largest absolute Gasteiger partial charge is 0.507 e. The molecule has 6 rings (SSSR count). The van der Waals surface area contributed by atoms with Gasteiger partial charge in [-0.15, -0.1) is 0 Å². The first-order valence-corrected chi connectivity index (χ1v) is 13.1. The second-order valence-electron chi connectivity index (χ2n) is 10.4. The van der Waals surface area contributed by atoms with Crippen LogP contribution in [0, 0.1) is 5.82 Å². The molecule has 1 atom stereocenters. The van der Waals surface area contributed by atoms with E-state index in [9.17, 15) is 14.3 Å². The minimum absolute atomic E-state index is 0.0561. The van der Waals surface area contributed by atoms with Gasteiger partial charge in [-0.3, -0.25) is 14.5 Å². The van der Waals surface area contributed by atoms with Crippen LogP contribution in [0.15, 0.2) is 66.0 Å². The van der Waals surface area contributed by atoms with Gasteiger partial charge in [0, 0.05) is 61.0 Å². The maximum absolute atomic E-state index is 14.9. The van der Waals surface area contributed by atoms with Crippen molar-refractivity contribution in [1.82, 2.24) is 19.0 Å². The molecular formula is C29H29ClFN5O2. The lowest BCUT2D eigenvalue weighted by atomic mass is 9.95. The summed E-state index contributed by atoms with van der Waals surface area (Å²) >= 11 is 6.54. The molecule has 0 bridgehead atoms. The number of aryl methyl sites for hydroxylation is 1. The Morgan fingerprint density at radius 2 is 1.79 bits per heavy atom. The Bertz CT molecular complexity index is 1600. The number of aromatic nitrogens is 3. The van der Waals surface area contributed by atoms with Gasteiger partial charge in [0.25, 0.3) is 0 Å². The number of imidazole rings is 1. The van der Waals surface area contributed by atoms with E-state index in [2.05, 4.69) is 21.8 Å². The lowest BCUT2D eigenvalue weighted by molar-refractivity contribution is 0.198. The van der Waals surface area contributed by atoms with Crippen LogP contribution in [-0.2, 0) is 7.05 Å². The topological polar surface area (TPSA) is 66.5 Å². The van der Waals surface area contributed by atoms with E-state index >= 15 is 0 Å². The van der Waals surface area contributed by atoms with E-state index in [-0.39, 0.29) is 17.0 Å². The van der Waals surface area contributed by atoms with E-state index in [1.807, 2.05) is 12.3 Å². The summed E-state index contributed by atoms with van der Waals surface area (Å²) in [4.78, 5) is 21.6. The highest BCUT2D eigenvalue weighted by Gasteiger charge is 2.44. The first-order valence-electron chi connectivity index (χ1n) is 12.7. The summed E-state index contributed by atoms with van der Waals surface area (Å²) in [6, 6.07) is 9.62. The summed E-state index contributed by atoms with van der Waals surface area (Å²) in [6.45, 7) is 2.99. The molecule has 4 heterocycles. The number of pyridine rings is 1. The predicted octanol–water partition coefficient (Wildman–Crippen LogP) is 5.08. The third-order valence-corrected chi connectivity index (χ3v) is 8.52. The number of benzene rings is 2. The van der Waals surface area contributed by atoms with Gasteiger partial charge in [0.1, 0.15) is 11.6 Å². The molecule has 7 nitrogen and oxygen atoms in total. The van der Waals surface area contributed by atoms with Crippen molar-refractivity contribution >= 4 is 17.3 Å². The second-order valence-corrected chi connectivity index (χ2v) is 10.8. The van der Waals surface area contributed by atoms with Gasteiger partial charge in [0.05, 0.1) is 22.6 Å². The molecule has 2 aliphatic heterocycles. The molecule has 2 fully saturated rings. The summed E-state index contributed by atoms with van der Waals surface area (Å²) < 4.78 is 17.8. The van der Waals surface area contributed by atoms with Crippen molar-refractivity contribution in [3.8, 4) is 33.7 Å². The van der Waals surface area contributed by atoms with Crippen LogP contribution in [0.5, 0.6) is 5.75 Å². The lowest BCUT2D eigenvalue weighted by Crippen LogP contribution is -2.43. The van der Waals surface area contributed by atoms with Crippen LogP contribution in [0.25, 0.3) is 27.9 Å². The molecule has 2 aromatic carbocycles. The number of likely N-dealkylation sites (N-methyl/N-ethyl adjacent to an activating group) is 1. The van der Waals surface area contributed by atoms with Crippen molar-refractivity contribution in [1.29, 1.82) is 0 Å². The molecule has 1 N–H and O–H groups in total. The summed E-state index contributed by atoms with van der Waals surface area (Å²) in [7, 11) is 3.86. The van der Waals surface area contributed by atoms with E-state index in [1.165, 1.54) is 34.1 Å². The normalized spacial score (nSPS) is 19.6. The SMILES string of the molecule is CN1CCCC12CCN(c1cncc(-c3cc(F)cc(-c4ccc(-n5ccn(C)c5=O)c(Cl)c4)c3O)c1)C2. The monoisotopic (exact) mass is 533 g/mol. The second kappa shape index (κ2) is 9.29. The Hall–Kier alpha value is -3.62. The van der Waals surface area contributed by atoms with Crippen molar-refractivity contribution in [2.75, 3.05) is 31.6 Å². The van der Waals surface area contributed by atoms with Crippen LogP contribution in [-0.4, -0.2) is 56.3 Å². The highest BCUT2D eigenvalue weighted by Crippen LogP contribution is 2.42. The number of likely N-dealkylation sites (tertiary alicyclic amines) is 1. The van der Waals surface area contributed by atoms with Crippen LogP contribution in [0.3, 0.4) is 0 Å². The standard InChI is InChI=1S/C29H29ClFN5O2/c1-33-10-11-36(28(33)38)26-5-4-19(13-25(26)30)23-14-21(31)15-24(27(23)37)20-12-22(17-32-16-20)35-9-7-29(18-35)6-3-8-34(29)2/h4-5,10-17,37H,3,6-9,18H2,1-2H3. The summed E-state index contributed by atoms with van der Waals surface area (Å²) in [6.07, 6.45) is 10.3. The first kappa shape index (κ1) is 24.7. The van der Waals surface area contributed by atoms with Crippen LogP contribution in [0.4, 0.5) is 10.1 Å². The van der Waals surface area contributed by atoms with E-state index in [4.69, 9.17) is 11.6 Å². The maximum atomic E-state index is 14.9. The molecular weight excluding hydrogens is 505 g/mol. The first-order chi connectivity index (χ1) is 18.3. The lowest BCUT2D eigenvalue weighted by Gasteiger charge is -2.32. The van der Waals surface area contributed by atoms with Gasteiger partial charge in [-0.25, -0.2) is 9.18 Å². The fourth-order valence-electron chi connectivity index (χ4n) is 5.97. The average molecular weight is 534 g/mol. The summed E-state index contributed by atoms with van der Waals surface area (Å²) in [5.74, 6) is -0.537. The Kier molecular flexibility index (Phi) is 6.04. The number of phenolic OH excluding ortho intramolecular Hbond substituents is 1.